The van der Waals surface area contributed by atoms with Gasteiger partial charge in [0.2, 0.25) is 0 Å². The first-order chi connectivity index (χ1) is 12.5. The van der Waals surface area contributed by atoms with Crippen LogP contribution in [-0.4, -0.2) is 48.5 Å². The van der Waals surface area contributed by atoms with Gasteiger partial charge in [0.25, 0.3) is 0 Å². The molecule has 0 spiro atoms. The van der Waals surface area contributed by atoms with Gasteiger partial charge in [-0.2, -0.15) is 0 Å². The zero-order valence-corrected chi connectivity index (χ0v) is 18.5. The zero-order valence-electron chi connectivity index (χ0n) is 16.3. The lowest BCUT2D eigenvalue weighted by molar-refractivity contribution is -0.923. The van der Waals surface area contributed by atoms with Crippen LogP contribution >= 0.6 is 0 Å². The molecule has 0 saturated heterocycles. The lowest BCUT2D eigenvalue weighted by Gasteiger charge is -2.34. The molecule has 0 aromatic heterocycles. The summed E-state index contributed by atoms with van der Waals surface area (Å²) in [6.07, 6.45) is -1.24. The second-order valence-electron chi connectivity index (χ2n) is 6.01. The second kappa shape index (κ2) is 13.5. The molecule has 0 atom stereocenters. The van der Waals surface area contributed by atoms with E-state index in [2.05, 4.69) is 20.8 Å². The van der Waals surface area contributed by atoms with Crippen LogP contribution < -0.4 is 34.0 Å². The molecule has 1 N–H and O–H groups in total. The van der Waals surface area contributed by atoms with Crippen molar-refractivity contribution in [3.05, 3.63) is 60.7 Å². The number of carbonyl (C=O) groups is 1. The molecule has 2 rings (SSSR count). The fraction of sp³-hybridized carbons (Fsp3) is 0.381. The maximum atomic E-state index is 11.1. The van der Waals surface area contributed by atoms with Crippen LogP contribution in [0.2, 0.25) is 0 Å². The number of anilines is 2. The highest BCUT2D eigenvalue weighted by Gasteiger charge is 2.18. The van der Waals surface area contributed by atoms with Crippen molar-refractivity contribution in [2.75, 3.05) is 37.7 Å². The van der Waals surface area contributed by atoms with Gasteiger partial charge in [0.1, 0.15) is 12.6 Å². The fourth-order valence-electron chi connectivity index (χ4n) is 2.87. The van der Waals surface area contributed by atoms with Crippen molar-refractivity contribution in [1.29, 1.82) is 0 Å². The predicted octanol–water partition coefficient (Wildman–Crippen LogP) is 0.0272. The Morgan fingerprint density at radius 3 is 1.48 bits per heavy atom. The smallest absolute Gasteiger partial charge is 0.146 e. The fourth-order valence-corrected chi connectivity index (χ4v) is 2.87. The predicted molar refractivity (Wildman–Crippen MR) is 104 cm³/mol. The zero-order chi connectivity index (χ0) is 19.4. The molecule has 5 nitrogen and oxygen atoms in total. The number of rotatable bonds is 7. The number of likely N-dealkylation sites (N-methyl/N-ethyl adjacent to an activating group) is 1. The molecule has 1 amide bonds. The number of carbonyl (C=O) groups excluding carboxylic acids is 1. The highest BCUT2D eigenvalue weighted by Crippen LogP contribution is 2.23. The highest BCUT2D eigenvalue weighted by atomic mass is 127. The molecule has 6 heteroatoms. The highest BCUT2D eigenvalue weighted by molar-refractivity contribution is 5.93. The Kier molecular flexibility index (Phi) is 12.7. The molecule has 0 radical (unpaired) electrons. The van der Waals surface area contributed by atoms with Crippen LogP contribution in [0.4, 0.5) is 16.2 Å². The Bertz CT molecular complexity index is 587. The summed E-state index contributed by atoms with van der Waals surface area (Å²) in [5.41, 5.74) is 1.16. The van der Waals surface area contributed by atoms with E-state index in [4.69, 9.17) is 5.11 Å². The number of hydrogen-bond donors (Lipinski definition) is 1. The molecule has 0 fully saturated rings. The molecule has 27 heavy (non-hydrogen) atoms. The van der Waals surface area contributed by atoms with Crippen molar-refractivity contribution in [3.63, 3.8) is 0 Å². The molecule has 0 saturated carbocycles. The lowest BCUT2D eigenvalue weighted by Crippen LogP contribution is -3.00. The monoisotopic (exact) mass is 485 g/mol. The van der Waals surface area contributed by atoms with Crippen molar-refractivity contribution < 1.29 is 43.5 Å². The number of carboxylic acid groups (broad SMARTS) is 1. The van der Waals surface area contributed by atoms with E-state index in [9.17, 15) is 9.90 Å². The first-order valence-electron chi connectivity index (χ1n) is 9.10. The van der Waals surface area contributed by atoms with Gasteiger partial charge in [0, 0.05) is 11.4 Å². The van der Waals surface area contributed by atoms with Gasteiger partial charge in [-0.3, -0.25) is 4.90 Å². The van der Waals surface area contributed by atoms with Gasteiger partial charge in [-0.15, -0.1) is 0 Å². The van der Waals surface area contributed by atoms with Crippen molar-refractivity contribution in [2.24, 2.45) is 0 Å². The number of nitrogens with zero attached hydrogens (tertiary/aromatic N) is 2. The average molecular weight is 485 g/mol. The van der Waals surface area contributed by atoms with Gasteiger partial charge >= 0.3 is 0 Å². The minimum atomic E-state index is -1.24. The Labute approximate surface area is 179 Å². The summed E-state index contributed by atoms with van der Waals surface area (Å²) in [7, 11) is 0. The molecule has 0 aliphatic carbocycles. The van der Waals surface area contributed by atoms with E-state index in [1.54, 1.807) is 48.5 Å². The quantitative estimate of drug-likeness (QED) is 0.445. The van der Waals surface area contributed by atoms with Crippen LogP contribution in [0.5, 0.6) is 0 Å². The van der Waals surface area contributed by atoms with Crippen LogP contribution in [0.25, 0.3) is 0 Å². The molecule has 0 bridgehead atoms. The minimum absolute atomic E-state index is 0. The summed E-state index contributed by atoms with van der Waals surface area (Å²) < 4.78 is 1.05. The first kappa shape index (κ1) is 25.4. The van der Waals surface area contributed by atoms with Crippen molar-refractivity contribution >= 4 is 17.5 Å². The number of halogens is 1. The molecular weight excluding hydrogens is 455 g/mol. The van der Waals surface area contributed by atoms with Crippen LogP contribution in [0.1, 0.15) is 20.8 Å². The maximum absolute atomic E-state index is 11.1. The standard InChI is InChI=1S/C13H11NO2.C8H20NO.HI/c15-13(16)14(11-7-3-1-4-8-11)12-9-5-2-6-10-12;1-4-9(5-2,6-3)7-8-10;/h1-10H,(H,15,16);10H,4-8H2,1-3H3;1H/q;+1;/p-2. The third kappa shape index (κ3) is 7.86. The number of aliphatic hydroxyl groups excluding tert-OH is 1. The molecule has 0 unspecified atom stereocenters. The molecule has 2 aromatic carbocycles. The number of hydrogen-bond acceptors (Lipinski definition) is 3. The third-order valence-corrected chi connectivity index (χ3v) is 4.80. The molecule has 0 aliphatic heterocycles. The second-order valence-corrected chi connectivity index (χ2v) is 6.01. The van der Waals surface area contributed by atoms with Gasteiger partial charge in [-0.05, 0) is 45.0 Å². The number of benzene rings is 2. The van der Waals surface area contributed by atoms with Crippen molar-refractivity contribution in [1.82, 2.24) is 0 Å². The van der Waals surface area contributed by atoms with Gasteiger partial charge in [0.15, 0.2) is 0 Å². The first-order valence-corrected chi connectivity index (χ1v) is 9.10. The summed E-state index contributed by atoms with van der Waals surface area (Å²) in [5.74, 6) is 0. The van der Waals surface area contributed by atoms with E-state index in [0.29, 0.717) is 18.0 Å². The number of amides is 1. The van der Waals surface area contributed by atoms with Crippen LogP contribution in [0.3, 0.4) is 0 Å². The summed E-state index contributed by atoms with van der Waals surface area (Å²) in [6, 6.07) is 17.7. The van der Waals surface area contributed by atoms with Crippen LogP contribution in [0, 0.1) is 0 Å². The van der Waals surface area contributed by atoms with Gasteiger partial charge in [-0.1, -0.05) is 36.4 Å². The summed E-state index contributed by atoms with van der Waals surface area (Å²) in [4.78, 5) is 12.3. The number of aliphatic hydroxyl groups is 1. The molecular formula is C21H30IN2O3-. The number of quaternary nitrogens is 1. The third-order valence-electron chi connectivity index (χ3n) is 4.80. The topological polar surface area (TPSA) is 63.6 Å². The Balaban J connectivity index is 0.000000539. The average Bonchev–Trinajstić information content (AvgIpc) is 2.68. The molecule has 2 aromatic rings. The van der Waals surface area contributed by atoms with E-state index in [0.717, 1.165) is 35.6 Å². The van der Waals surface area contributed by atoms with Crippen LogP contribution in [-0.2, 0) is 0 Å². The normalized spacial score (nSPS) is 10.2. The van der Waals surface area contributed by atoms with Gasteiger partial charge in [0.05, 0.1) is 26.2 Å². The Morgan fingerprint density at radius 2 is 1.26 bits per heavy atom. The Morgan fingerprint density at radius 1 is 0.889 bits per heavy atom. The lowest BCUT2D eigenvalue weighted by atomic mass is 10.2. The minimum Gasteiger partial charge on any atom is -1.00 e. The summed E-state index contributed by atoms with van der Waals surface area (Å²) in [5, 5.41) is 19.9. The SMILES string of the molecule is CC[N+](CC)(CC)CCO.O=C([O-])N(c1ccccc1)c1ccccc1.[I-]. The van der Waals surface area contributed by atoms with E-state index in [-0.39, 0.29) is 24.0 Å². The van der Waals surface area contributed by atoms with E-state index in [1.807, 2.05) is 12.1 Å². The van der Waals surface area contributed by atoms with Crippen LogP contribution in [0.15, 0.2) is 60.7 Å². The largest absolute Gasteiger partial charge is 1.00 e. The molecule has 150 valence electrons. The molecule has 0 aliphatic rings. The van der Waals surface area contributed by atoms with Crippen molar-refractivity contribution in [2.45, 2.75) is 20.8 Å². The summed E-state index contributed by atoms with van der Waals surface area (Å²) >= 11 is 0. The van der Waals surface area contributed by atoms with Gasteiger partial charge in [-0.25, -0.2) is 0 Å². The summed E-state index contributed by atoms with van der Waals surface area (Å²) in [6.45, 7) is 11.2. The van der Waals surface area contributed by atoms with Gasteiger partial charge < -0.3 is 43.5 Å². The number of para-hydroxylation sites is 2. The Hall–Kier alpha value is -1.64. The van der Waals surface area contributed by atoms with E-state index in [1.165, 1.54) is 0 Å². The molecule has 0 heterocycles. The van der Waals surface area contributed by atoms with E-state index >= 15 is 0 Å². The van der Waals surface area contributed by atoms with E-state index < -0.39 is 6.09 Å². The maximum Gasteiger partial charge on any atom is 0.146 e. The van der Waals surface area contributed by atoms with Crippen molar-refractivity contribution in [3.8, 4) is 0 Å².